The minimum atomic E-state index is -5.09. The van der Waals surface area contributed by atoms with Gasteiger partial charge in [-0.15, -0.1) is 0 Å². The summed E-state index contributed by atoms with van der Waals surface area (Å²) in [6.07, 6.45) is -4.84. The highest BCUT2D eigenvalue weighted by molar-refractivity contribution is 5.27. The number of aliphatic hydroxyl groups excluding tert-OH is 1. The standard InChI is InChI=1S/C10H10F4O2/c11-9(12,10(13,14)16)8-3-1-7(2-4-8)5-6-15/h1-4,15-16H,5-6H2. The van der Waals surface area contributed by atoms with Gasteiger partial charge in [-0.1, -0.05) is 24.3 Å². The third kappa shape index (κ3) is 2.51. The molecule has 16 heavy (non-hydrogen) atoms. The Morgan fingerprint density at radius 2 is 1.50 bits per heavy atom. The van der Waals surface area contributed by atoms with Crippen LogP contribution in [0.4, 0.5) is 17.6 Å². The topological polar surface area (TPSA) is 40.5 Å². The predicted octanol–water partition coefficient (Wildman–Crippen LogP) is 1.90. The van der Waals surface area contributed by atoms with Crippen LogP contribution in [0.5, 0.6) is 0 Å². The number of alkyl halides is 4. The molecule has 0 amide bonds. The van der Waals surface area contributed by atoms with Crippen molar-refractivity contribution in [2.75, 3.05) is 6.61 Å². The van der Waals surface area contributed by atoms with Crippen molar-refractivity contribution in [3.05, 3.63) is 35.4 Å². The smallest absolute Gasteiger partial charge is 0.396 e. The van der Waals surface area contributed by atoms with Gasteiger partial charge in [-0.25, -0.2) is 0 Å². The number of benzene rings is 1. The Balaban J connectivity index is 2.97. The van der Waals surface area contributed by atoms with Gasteiger partial charge in [0.05, 0.1) is 0 Å². The van der Waals surface area contributed by atoms with E-state index in [0.717, 1.165) is 12.1 Å². The van der Waals surface area contributed by atoms with E-state index in [1.807, 2.05) is 0 Å². The van der Waals surface area contributed by atoms with Gasteiger partial charge in [0.15, 0.2) is 0 Å². The molecule has 0 aliphatic carbocycles. The monoisotopic (exact) mass is 238 g/mol. The van der Waals surface area contributed by atoms with Crippen LogP contribution >= 0.6 is 0 Å². The first-order valence-electron chi connectivity index (χ1n) is 4.47. The van der Waals surface area contributed by atoms with Crippen molar-refractivity contribution in [3.8, 4) is 0 Å². The van der Waals surface area contributed by atoms with E-state index in [4.69, 9.17) is 10.2 Å². The van der Waals surface area contributed by atoms with Gasteiger partial charge in [0.25, 0.3) is 0 Å². The van der Waals surface area contributed by atoms with E-state index < -0.39 is 17.6 Å². The maximum absolute atomic E-state index is 12.9. The minimum absolute atomic E-state index is 0.161. The van der Waals surface area contributed by atoms with Crippen LogP contribution < -0.4 is 0 Å². The van der Waals surface area contributed by atoms with E-state index in [-0.39, 0.29) is 13.0 Å². The molecule has 0 spiro atoms. The Labute approximate surface area is 89.1 Å². The van der Waals surface area contributed by atoms with Gasteiger partial charge in [-0.3, -0.25) is 0 Å². The third-order valence-corrected chi connectivity index (χ3v) is 2.09. The number of rotatable bonds is 4. The molecule has 1 aromatic rings. The van der Waals surface area contributed by atoms with Gasteiger partial charge < -0.3 is 10.2 Å². The molecule has 1 rings (SSSR count). The lowest BCUT2D eigenvalue weighted by Crippen LogP contribution is -2.37. The zero-order valence-corrected chi connectivity index (χ0v) is 8.13. The Kier molecular flexibility index (Phi) is 3.54. The lowest BCUT2D eigenvalue weighted by molar-refractivity contribution is -0.332. The summed E-state index contributed by atoms with van der Waals surface area (Å²) >= 11 is 0. The lowest BCUT2D eigenvalue weighted by atomic mass is 10.0. The van der Waals surface area contributed by atoms with Crippen molar-refractivity contribution in [1.29, 1.82) is 0 Å². The van der Waals surface area contributed by atoms with E-state index in [9.17, 15) is 17.6 Å². The highest BCUT2D eigenvalue weighted by atomic mass is 19.3. The quantitative estimate of drug-likeness (QED) is 0.786. The van der Waals surface area contributed by atoms with Crippen LogP contribution in [0.1, 0.15) is 11.1 Å². The van der Waals surface area contributed by atoms with Crippen LogP contribution in [0, 0.1) is 0 Å². The molecule has 0 fully saturated rings. The lowest BCUT2D eigenvalue weighted by Gasteiger charge is -2.21. The van der Waals surface area contributed by atoms with Crippen molar-refractivity contribution >= 4 is 0 Å². The van der Waals surface area contributed by atoms with Gasteiger partial charge >= 0.3 is 12.0 Å². The molecular weight excluding hydrogens is 228 g/mol. The van der Waals surface area contributed by atoms with Crippen molar-refractivity contribution in [2.24, 2.45) is 0 Å². The van der Waals surface area contributed by atoms with Crippen LogP contribution in [0.3, 0.4) is 0 Å². The summed E-state index contributed by atoms with van der Waals surface area (Å²) in [7, 11) is 0. The van der Waals surface area contributed by atoms with Gasteiger partial charge in [0, 0.05) is 12.2 Å². The largest absolute Gasteiger partial charge is 0.421 e. The molecule has 0 radical (unpaired) electrons. The Morgan fingerprint density at radius 3 is 1.88 bits per heavy atom. The maximum Gasteiger partial charge on any atom is 0.421 e. The molecule has 0 unspecified atom stereocenters. The van der Waals surface area contributed by atoms with E-state index in [0.29, 0.717) is 5.56 Å². The fourth-order valence-electron chi connectivity index (χ4n) is 1.18. The normalized spacial score (nSPS) is 12.9. The molecule has 0 aromatic heterocycles. The predicted molar refractivity (Wildman–Crippen MR) is 48.3 cm³/mol. The zero-order chi connectivity index (χ0) is 12.4. The molecule has 2 N–H and O–H groups in total. The van der Waals surface area contributed by atoms with Gasteiger partial charge in [-0.05, 0) is 12.0 Å². The zero-order valence-electron chi connectivity index (χ0n) is 8.13. The van der Waals surface area contributed by atoms with Crippen LogP contribution in [0.2, 0.25) is 0 Å². The maximum atomic E-state index is 12.9. The SMILES string of the molecule is OCCc1ccc(C(F)(F)C(O)(F)F)cc1. The van der Waals surface area contributed by atoms with E-state index in [1.54, 1.807) is 0 Å². The first-order chi connectivity index (χ1) is 7.29. The third-order valence-electron chi connectivity index (χ3n) is 2.09. The summed E-state index contributed by atoms with van der Waals surface area (Å²) in [4.78, 5) is 0. The van der Waals surface area contributed by atoms with Crippen molar-refractivity contribution in [1.82, 2.24) is 0 Å². The fraction of sp³-hybridized carbons (Fsp3) is 0.400. The van der Waals surface area contributed by atoms with Crippen LogP contribution in [0.25, 0.3) is 0 Å². The van der Waals surface area contributed by atoms with Crippen LogP contribution in [-0.4, -0.2) is 22.9 Å². The molecule has 0 aliphatic rings. The molecule has 0 atom stereocenters. The summed E-state index contributed by atoms with van der Waals surface area (Å²) < 4.78 is 50.3. The molecule has 90 valence electrons. The first kappa shape index (κ1) is 12.9. The molecule has 0 saturated carbocycles. The second-order valence-electron chi connectivity index (χ2n) is 3.29. The molecule has 2 nitrogen and oxygen atoms in total. The van der Waals surface area contributed by atoms with Crippen molar-refractivity contribution in [2.45, 2.75) is 18.5 Å². The molecule has 0 aliphatic heterocycles. The van der Waals surface area contributed by atoms with E-state index >= 15 is 0 Å². The summed E-state index contributed by atoms with van der Waals surface area (Å²) in [6, 6.07) is 4.00. The second-order valence-corrected chi connectivity index (χ2v) is 3.29. The Morgan fingerprint density at radius 1 is 1.00 bits per heavy atom. The van der Waals surface area contributed by atoms with Crippen molar-refractivity contribution in [3.63, 3.8) is 0 Å². The summed E-state index contributed by atoms with van der Waals surface area (Å²) in [5.74, 6) is -4.62. The second kappa shape index (κ2) is 4.39. The number of hydrogen-bond acceptors (Lipinski definition) is 2. The molecule has 0 heterocycles. The van der Waals surface area contributed by atoms with E-state index in [1.165, 1.54) is 12.1 Å². The van der Waals surface area contributed by atoms with Crippen LogP contribution in [0.15, 0.2) is 24.3 Å². The van der Waals surface area contributed by atoms with Gasteiger partial charge in [0.2, 0.25) is 0 Å². The fourth-order valence-corrected chi connectivity index (χ4v) is 1.18. The highest BCUT2D eigenvalue weighted by Crippen LogP contribution is 2.40. The molecule has 0 saturated heterocycles. The average molecular weight is 238 g/mol. The average Bonchev–Trinajstić information content (AvgIpc) is 2.17. The number of halogens is 4. The minimum Gasteiger partial charge on any atom is -0.396 e. The molecule has 0 bridgehead atoms. The Hall–Kier alpha value is -1.14. The first-order valence-corrected chi connectivity index (χ1v) is 4.47. The highest BCUT2D eigenvalue weighted by Gasteiger charge is 2.56. The number of hydrogen-bond donors (Lipinski definition) is 2. The van der Waals surface area contributed by atoms with Gasteiger partial charge in [-0.2, -0.15) is 17.6 Å². The summed E-state index contributed by atoms with van der Waals surface area (Å²) in [5, 5.41) is 16.6. The molecular formula is C10H10F4O2. The summed E-state index contributed by atoms with van der Waals surface area (Å²) in [6.45, 7) is -0.161. The van der Waals surface area contributed by atoms with Crippen molar-refractivity contribution < 1.29 is 27.8 Å². The van der Waals surface area contributed by atoms with E-state index in [2.05, 4.69) is 0 Å². The summed E-state index contributed by atoms with van der Waals surface area (Å²) in [5.41, 5.74) is -0.426. The number of aliphatic hydroxyl groups is 2. The Bertz CT molecular complexity index is 343. The molecule has 1 aromatic carbocycles. The molecule has 6 heteroatoms. The van der Waals surface area contributed by atoms with Gasteiger partial charge in [0.1, 0.15) is 0 Å². The van der Waals surface area contributed by atoms with Crippen LogP contribution in [-0.2, 0) is 12.3 Å².